The van der Waals surface area contributed by atoms with E-state index in [4.69, 9.17) is 0 Å². The van der Waals surface area contributed by atoms with Gasteiger partial charge in [-0.15, -0.1) is 0 Å². The Hall–Kier alpha value is -0.670. The van der Waals surface area contributed by atoms with Crippen LogP contribution in [0, 0.1) is 6.07 Å². The summed E-state index contributed by atoms with van der Waals surface area (Å²) in [6, 6.07) is 11.0. The summed E-state index contributed by atoms with van der Waals surface area (Å²) in [6.07, 6.45) is 0. The Balaban J connectivity index is 2.03. The van der Waals surface area contributed by atoms with Crippen molar-refractivity contribution in [3.05, 3.63) is 30.3 Å². The summed E-state index contributed by atoms with van der Waals surface area (Å²) in [5.74, 6) is 1.60. The fourth-order valence-electron chi connectivity index (χ4n) is 1.48. The van der Waals surface area contributed by atoms with Gasteiger partial charge < -0.3 is 9.45 Å². The summed E-state index contributed by atoms with van der Waals surface area (Å²) < 4.78 is 11.1. The molecule has 0 aromatic heterocycles. The van der Waals surface area contributed by atoms with Crippen molar-refractivity contribution >= 4 is 16.9 Å². The highest BCUT2D eigenvalue weighted by Crippen LogP contribution is 2.15. The van der Waals surface area contributed by atoms with Crippen LogP contribution >= 0.6 is 0 Å². The topological polar surface area (TPSA) is 26.3 Å². The predicted octanol–water partition coefficient (Wildman–Crippen LogP) is 1.06. The zero-order valence-corrected chi connectivity index (χ0v) is 8.22. The first kappa shape index (κ1) is 8.91. The lowest BCUT2D eigenvalue weighted by Crippen LogP contribution is -2.40. The normalized spacial score (nSPS) is 19.0. The van der Waals surface area contributed by atoms with E-state index in [1.165, 1.54) is 5.69 Å². The maximum atomic E-state index is 11.1. The summed E-state index contributed by atoms with van der Waals surface area (Å²) in [5, 5.41) is 0. The SMILES string of the molecule is [O-][S+]1CCN(c2c[c]ccc2)CC1. The largest absolute Gasteiger partial charge is 0.616 e. The predicted molar refractivity (Wildman–Crippen MR) is 55.4 cm³/mol. The summed E-state index contributed by atoms with van der Waals surface area (Å²) in [5.41, 5.74) is 1.19. The van der Waals surface area contributed by atoms with E-state index < -0.39 is 11.2 Å². The van der Waals surface area contributed by atoms with Crippen LogP contribution in [0.4, 0.5) is 5.69 Å². The van der Waals surface area contributed by atoms with Crippen LogP contribution in [0.25, 0.3) is 0 Å². The van der Waals surface area contributed by atoms with Crippen molar-refractivity contribution in [2.24, 2.45) is 0 Å². The fourth-order valence-corrected chi connectivity index (χ4v) is 2.53. The third-order valence-electron chi connectivity index (χ3n) is 2.23. The molecule has 1 aromatic rings. The number of nitrogens with zero attached hydrogens (tertiary/aromatic N) is 1. The Kier molecular flexibility index (Phi) is 2.76. The van der Waals surface area contributed by atoms with Crippen LogP contribution < -0.4 is 4.90 Å². The van der Waals surface area contributed by atoms with Gasteiger partial charge >= 0.3 is 0 Å². The molecular weight excluding hydrogens is 182 g/mol. The maximum Gasteiger partial charge on any atom is 0.123 e. The third-order valence-corrected chi connectivity index (χ3v) is 3.51. The van der Waals surface area contributed by atoms with Gasteiger partial charge in [-0.1, -0.05) is 23.3 Å². The van der Waals surface area contributed by atoms with Crippen LogP contribution in [-0.4, -0.2) is 29.1 Å². The number of rotatable bonds is 1. The lowest BCUT2D eigenvalue weighted by molar-refractivity contribution is 0.586. The molecule has 0 aliphatic carbocycles. The van der Waals surface area contributed by atoms with E-state index in [2.05, 4.69) is 17.0 Å². The number of benzene rings is 1. The third kappa shape index (κ3) is 2.17. The van der Waals surface area contributed by atoms with Gasteiger partial charge in [-0.05, 0) is 18.2 Å². The number of anilines is 1. The van der Waals surface area contributed by atoms with Gasteiger partial charge in [-0.2, -0.15) is 0 Å². The molecule has 0 spiro atoms. The molecule has 13 heavy (non-hydrogen) atoms. The fraction of sp³-hybridized carbons (Fsp3) is 0.400. The minimum atomic E-state index is -0.587. The summed E-state index contributed by atoms with van der Waals surface area (Å²) in [4.78, 5) is 2.26. The zero-order valence-electron chi connectivity index (χ0n) is 7.40. The smallest absolute Gasteiger partial charge is 0.123 e. The molecule has 1 fully saturated rings. The van der Waals surface area contributed by atoms with Crippen LogP contribution in [0.5, 0.6) is 0 Å². The first-order valence-corrected chi connectivity index (χ1v) is 5.91. The van der Waals surface area contributed by atoms with Gasteiger partial charge in [-0.25, -0.2) is 0 Å². The van der Waals surface area contributed by atoms with E-state index in [0.29, 0.717) is 0 Å². The second-order valence-electron chi connectivity index (χ2n) is 3.10. The molecule has 0 bridgehead atoms. The molecular formula is C10H12NOS. The number of hydrogen-bond donors (Lipinski definition) is 0. The molecule has 1 aromatic carbocycles. The molecule has 0 N–H and O–H groups in total. The van der Waals surface area contributed by atoms with Crippen LogP contribution in [0.2, 0.25) is 0 Å². The molecule has 1 aliphatic heterocycles. The van der Waals surface area contributed by atoms with Crippen molar-refractivity contribution in [1.82, 2.24) is 0 Å². The second kappa shape index (κ2) is 4.03. The van der Waals surface area contributed by atoms with Gasteiger partial charge in [0.1, 0.15) is 11.5 Å². The van der Waals surface area contributed by atoms with Crippen molar-refractivity contribution in [1.29, 1.82) is 0 Å². The van der Waals surface area contributed by atoms with E-state index >= 15 is 0 Å². The van der Waals surface area contributed by atoms with Crippen LogP contribution in [0.15, 0.2) is 24.3 Å². The van der Waals surface area contributed by atoms with Gasteiger partial charge in [0.2, 0.25) is 0 Å². The van der Waals surface area contributed by atoms with Crippen LogP contribution in [-0.2, 0) is 11.2 Å². The zero-order chi connectivity index (χ0) is 9.10. The average Bonchev–Trinajstić information content (AvgIpc) is 2.20. The molecule has 1 radical (unpaired) electrons. The second-order valence-corrected chi connectivity index (χ2v) is 4.79. The van der Waals surface area contributed by atoms with Gasteiger partial charge in [0.05, 0.1) is 13.1 Å². The maximum absolute atomic E-state index is 11.1. The highest BCUT2D eigenvalue weighted by Gasteiger charge is 2.18. The Morgan fingerprint density at radius 2 is 2.15 bits per heavy atom. The van der Waals surface area contributed by atoms with Gasteiger partial charge in [0.25, 0.3) is 0 Å². The molecule has 1 aliphatic rings. The van der Waals surface area contributed by atoms with Crippen LogP contribution in [0.1, 0.15) is 0 Å². The molecule has 2 rings (SSSR count). The number of hydrogen-bond acceptors (Lipinski definition) is 2. The molecule has 0 saturated carbocycles. The molecule has 1 heterocycles. The van der Waals surface area contributed by atoms with Gasteiger partial charge in [0, 0.05) is 5.69 Å². The summed E-state index contributed by atoms with van der Waals surface area (Å²) >= 11 is -0.587. The first-order valence-electron chi connectivity index (χ1n) is 4.42. The van der Waals surface area contributed by atoms with E-state index in [1.807, 2.05) is 18.2 Å². The van der Waals surface area contributed by atoms with E-state index in [0.717, 1.165) is 24.6 Å². The van der Waals surface area contributed by atoms with Crippen molar-refractivity contribution in [3.63, 3.8) is 0 Å². The Bertz CT molecular complexity index is 257. The molecule has 2 nitrogen and oxygen atoms in total. The highest BCUT2D eigenvalue weighted by molar-refractivity contribution is 7.91. The molecule has 3 heteroatoms. The molecule has 0 atom stereocenters. The molecule has 69 valence electrons. The summed E-state index contributed by atoms with van der Waals surface area (Å²) in [7, 11) is 0. The monoisotopic (exact) mass is 194 g/mol. The quantitative estimate of drug-likeness (QED) is 0.625. The average molecular weight is 194 g/mol. The summed E-state index contributed by atoms with van der Waals surface area (Å²) in [6.45, 7) is 1.81. The van der Waals surface area contributed by atoms with Gasteiger partial charge in [-0.3, -0.25) is 0 Å². The van der Waals surface area contributed by atoms with E-state index in [-0.39, 0.29) is 0 Å². The van der Waals surface area contributed by atoms with Crippen molar-refractivity contribution in [2.45, 2.75) is 0 Å². The lowest BCUT2D eigenvalue weighted by atomic mass is 10.3. The minimum absolute atomic E-state index is 0.587. The van der Waals surface area contributed by atoms with Crippen molar-refractivity contribution in [3.8, 4) is 0 Å². The standard InChI is InChI=1S/C10H12NOS/c12-13-8-6-11(7-9-13)10-4-2-1-3-5-10/h1-2,4-5H,6-9H2. The first-order chi connectivity index (χ1) is 6.36. The van der Waals surface area contributed by atoms with Crippen molar-refractivity contribution < 1.29 is 4.55 Å². The Morgan fingerprint density at radius 3 is 2.77 bits per heavy atom. The van der Waals surface area contributed by atoms with Gasteiger partial charge in [0.15, 0.2) is 0 Å². The molecule has 0 unspecified atom stereocenters. The van der Waals surface area contributed by atoms with Crippen LogP contribution in [0.3, 0.4) is 0 Å². The Morgan fingerprint density at radius 1 is 1.38 bits per heavy atom. The lowest BCUT2D eigenvalue weighted by Gasteiger charge is -2.29. The molecule has 0 amide bonds. The van der Waals surface area contributed by atoms with E-state index in [1.54, 1.807) is 0 Å². The Labute approximate surface area is 81.7 Å². The molecule has 1 saturated heterocycles. The van der Waals surface area contributed by atoms with Crippen molar-refractivity contribution in [2.75, 3.05) is 29.5 Å². The minimum Gasteiger partial charge on any atom is -0.616 e. The highest BCUT2D eigenvalue weighted by atomic mass is 32.2. The van der Waals surface area contributed by atoms with E-state index in [9.17, 15) is 4.55 Å².